The molecule has 1 aromatic heterocycles. The highest BCUT2D eigenvalue weighted by molar-refractivity contribution is 6.07. The average molecular weight is 640 g/mol. The van der Waals surface area contributed by atoms with E-state index in [4.69, 9.17) is 9.84 Å². The van der Waals surface area contributed by atoms with Crippen molar-refractivity contribution in [2.45, 2.75) is 94.3 Å². The van der Waals surface area contributed by atoms with Gasteiger partial charge in [-0.15, -0.1) is 0 Å². The average Bonchev–Trinajstić information content (AvgIpc) is 4.02. The second kappa shape index (κ2) is 12.0. The molecule has 1 aromatic carbocycles. The van der Waals surface area contributed by atoms with E-state index in [1.165, 1.54) is 5.56 Å². The minimum Gasteiger partial charge on any atom is -0.381 e. The standard InChI is InChI=1S/C36H45N7O4/c1-3-41-34-30(32(39-43(34)26-12-16-47-17-13-26)36(46)42-27(20-37)18-25-19-28(25)42)29(23-6-7-23)31(35(41)45)38-33(44)24-8-4-21(5-9-24)22-10-14-40(2)15-11-22/h4-5,8-9,22-23,25-29,31H,3,6-7,10-19H2,1-2H3,(H,38,44)/t25-,27-,28+,29-,31-/m0/s1. The summed E-state index contributed by atoms with van der Waals surface area (Å²) in [6, 6.07) is 9.04. The largest absolute Gasteiger partial charge is 0.381 e. The molecule has 6 aliphatic rings. The summed E-state index contributed by atoms with van der Waals surface area (Å²) in [4.78, 5) is 48.6. The first-order chi connectivity index (χ1) is 22.9. The number of piperidine rings is 2. The quantitative estimate of drug-likeness (QED) is 0.489. The zero-order chi connectivity index (χ0) is 32.4. The van der Waals surface area contributed by atoms with Gasteiger partial charge in [0.25, 0.3) is 17.7 Å². The van der Waals surface area contributed by atoms with Crippen molar-refractivity contribution in [3.05, 3.63) is 46.6 Å². The number of nitrogens with one attached hydrogen (secondary N) is 1. The van der Waals surface area contributed by atoms with Gasteiger partial charge >= 0.3 is 0 Å². The Morgan fingerprint density at radius 1 is 1.02 bits per heavy atom. The minimum absolute atomic E-state index is 0.00557. The van der Waals surface area contributed by atoms with E-state index in [1.807, 2.05) is 23.7 Å². The molecule has 2 aromatic rings. The number of hydrogen-bond acceptors (Lipinski definition) is 7. The van der Waals surface area contributed by atoms with Crippen LogP contribution in [-0.2, 0) is 9.53 Å². The molecule has 5 fully saturated rings. The highest BCUT2D eigenvalue weighted by atomic mass is 16.5. The van der Waals surface area contributed by atoms with E-state index in [0.717, 1.165) is 63.6 Å². The predicted molar refractivity (Wildman–Crippen MR) is 174 cm³/mol. The van der Waals surface area contributed by atoms with Crippen molar-refractivity contribution < 1.29 is 19.1 Å². The van der Waals surface area contributed by atoms with Crippen molar-refractivity contribution in [1.82, 2.24) is 24.9 Å². The van der Waals surface area contributed by atoms with Crippen LogP contribution in [0.4, 0.5) is 5.82 Å². The van der Waals surface area contributed by atoms with Crippen LogP contribution >= 0.6 is 0 Å². The Morgan fingerprint density at radius 2 is 1.74 bits per heavy atom. The molecule has 2 aliphatic carbocycles. The molecule has 5 atom stereocenters. The third-order valence-electron chi connectivity index (χ3n) is 11.7. The monoisotopic (exact) mass is 639 g/mol. The molecule has 0 spiro atoms. The number of rotatable bonds is 7. The van der Waals surface area contributed by atoms with Crippen LogP contribution < -0.4 is 10.2 Å². The SMILES string of the molecule is CCN1C(=O)[C@@H](NC(=O)c2ccc(C3CCN(C)CC3)cc2)[C@@H](C2CC2)c2c(C(=O)N3[C@H](C#N)C[C@H]4C[C@H]43)nn(C3CCOCC3)c21. The molecule has 5 heterocycles. The Balaban J connectivity index is 1.15. The Bertz CT molecular complexity index is 1600. The fourth-order valence-electron chi connectivity index (χ4n) is 8.83. The van der Waals surface area contributed by atoms with Gasteiger partial charge in [-0.25, -0.2) is 4.68 Å². The molecule has 1 N–H and O–H groups in total. The lowest BCUT2D eigenvalue weighted by Gasteiger charge is -2.39. The number of carbonyl (C=O) groups excluding carboxylic acids is 3. The maximum absolute atomic E-state index is 14.5. The van der Waals surface area contributed by atoms with Gasteiger partial charge in [0.05, 0.1) is 12.1 Å². The van der Waals surface area contributed by atoms with Gasteiger partial charge in [0, 0.05) is 42.8 Å². The summed E-state index contributed by atoms with van der Waals surface area (Å²) in [6.07, 6.45) is 7.17. The van der Waals surface area contributed by atoms with E-state index in [9.17, 15) is 19.6 Å². The minimum atomic E-state index is -0.811. The highest BCUT2D eigenvalue weighted by Gasteiger charge is 2.57. The lowest BCUT2D eigenvalue weighted by Crippen LogP contribution is -2.56. The Labute approximate surface area is 276 Å². The maximum Gasteiger partial charge on any atom is 0.276 e. The van der Waals surface area contributed by atoms with Crippen LogP contribution in [0.15, 0.2) is 24.3 Å². The molecule has 0 radical (unpaired) electrons. The number of anilines is 1. The van der Waals surface area contributed by atoms with E-state index in [-0.39, 0.29) is 41.6 Å². The highest BCUT2D eigenvalue weighted by Crippen LogP contribution is 2.53. The zero-order valence-corrected chi connectivity index (χ0v) is 27.4. The van der Waals surface area contributed by atoms with Gasteiger partial charge in [-0.3, -0.25) is 19.3 Å². The van der Waals surface area contributed by atoms with Crippen LogP contribution in [0.3, 0.4) is 0 Å². The molecule has 3 saturated heterocycles. The van der Waals surface area contributed by atoms with Crippen LogP contribution in [0.1, 0.15) is 108 Å². The summed E-state index contributed by atoms with van der Waals surface area (Å²) in [5.74, 6) is 0.705. The molecule has 0 bridgehead atoms. The van der Waals surface area contributed by atoms with Gasteiger partial charge in [0.1, 0.15) is 17.9 Å². The second-order valence-electron chi connectivity index (χ2n) is 14.6. The summed E-state index contributed by atoms with van der Waals surface area (Å²) in [5, 5.41) is 18.2. The molecule has 11 heteroatoms. The van der Waals surface area contributed by atoms with Crippen molar-refractivity contribution in [3.63, 3.8) is 0 Å². The molecule has 248 valence electrons. The second-order valence-corrected chi connectivity index (χ2v) is 14.6. The van der Waals surface area contributed by atoms with Gasteiger partial charge in [0.2, 0.25) is 0 Å². The topological polar surface area (TPSA) is 124 Å². The van der Waals surface area contributed by atoms with E-state index < -0.39 is 12.1 Å². The number of nitriles is 1. The third kappa shape index (κ3) is 5.34. The predicted octanol–water partition coefficient (Wildman–Crippen LogP) is 3.83. The fourth-order valence-corrected chi connectivity index (χ4v) is 8.83. The summed E-state index contributed by atoms with van der Waals surface area (Å²) in [7, 11) is 2.15. The van der Waals surface area contributed by atoms with Gasteiger partial charge in [-0.2, -0.15) is 10.4 Å². The number of benzene rings is 1. The number of nitrogens with zero attached hydrogens (tertiary/aromatic N) is 6. The lowest BCUT2D eigenvalue weighted by atomic mass is 9.82. The molecule has 2 saturated carbocycles. The molecular weight excluding hydrogens is 594 g/mol. The van der Waals surface area contributed by atoms with E-state index >= 15 is 0 Å². The van der Waals surface area contributed by atoms with Crippen LogP contribution in [0.5, 0.6) is 0 Å². The number of fused-ring (bicyclic) bond motifs is 2. The Kier molecular flexibility index (Phi) is 7.84. The number of carbonyl (C=O) groups is 3. The van der Waals surface area contributed by atoms with Crippen LogP contribution in [0.25, 0.3) is 0 Å². The first-order valence-electron chi connectivity index (χ1n) is 17.7. The summed E-state index contributed by atoms with van der Waals surface area (Å²) in [5.41, 5.74) is 2.90. The number of likely N-dealkylation sites (tertiary alicyclic amines) is 2. The van der Waals surface area contributed by atoms with Crippen LogP contribution in [0, 0.1) is 23.2 Å². The summed E-state index contributed by atoms with van der Waals surface area (Å²) < 4.78 is 7.58. The molecule has 0 unspecified atom stereocenters. The summed E-state index contributed by atoms with van der Waals surface area (Å²) >= 11 is 0. The number of amides is 3. The first kappa shape index (κ1) is 30.6. The molecule has 3 amide bonds. The normalized spacial score (nSPS) is 29.7. The van der Waals surface area contributed by atoms with Gasteiger partial charge < -0.3 is 19.9 Å². The molecule has 4 aliphatic heterocycles. The van der Waals surface area contributed by atoms with Crippen molar-refractivity contribution in [2.24, 2.45) is 11.8 Å². The molecule has 11 nitrogen and oxygen atoms in total. The molecule has 47 heavy (non-hydrogen) atoms. The molecular formula is C36H45N7O4. The smallest absolute Gasteiger partial charge is 0.276 e. The van der Waals surface area contributed by atoms with E-state index in [0.29, 0.717) is 55.1 Å². The van der Waals surface area contributed by atoms with Crippen LogP contribution in [-0.4, -0.2) is 95.3 Å². The number of aromatic nitrogens is 2. The number of ether oxygens (including phenoxy) is 1. The van der Waals surface area contributed by atoms with Crippen molar-refractivity contribution >= 4 is 23.5 Å². The fraction of sp³-hybridized carbons (Fsp3) is 0.639. The Hall–Kier alpha value is -3.75. The van der Waals surface area contributed by atoms with E-state index in [2.05, 4.69) is 35.5 Å². The van der Waals surface area contributed by atoms with Crippen molar-refractivity contribution in [3.8, 4) is 6.07 Å². The van der Waals surface area contributed by atoms with E-state index in [1.54, 1.807) is 9.80 Å². The van der Waals surface area contributed by atoms with Crippen molar-refractivity contribution in [1.29, 1.82) is 5.26 Å². The maximum atomic E-state index is 14.5. The van der Waals surface area contributed by atoms with Gasteiger partial charge in [-0.1, -0.05) is 12.1 Å². The van der Waals surface area contributed by atoms with Gasteiger partial charge in [-0.05, 0) is 114 Å². The lowest BCUT2D eigenvalue weighted by molar-refractivity contribution is -0.121. The zero-order valence-electron chi connectivity index (χ0n) is 27.4. The Morgan fingerprint density at radius 3 is 2.40 bits per heavy atom. The van der Waals surface area contributed by atoms with Crippen LogP contribution in [0.2, 0.25) is 0 Å². The third-order valence-corrected chi connectivity index (χ3v) is 11.7. The van der Waals surface area contributed by atoms with Crippen molar-refractivity contribution in [2.75, 3.05) is 44.8 Å². The number of hydrogen-bond donors (Lipinski definition) is 1. The first-order valence-corrected chi connectivity index (χ1v) is 17.7. The summed E-state index contributed by atoms with van der Waals surface area (Å²) in [6.45, 7) is 5.65. The van der Waals surface area contributed by atoms with Gasteiger partial charge in [0.15, 0.2) is 5.69 Å². The molecule has 8 rings (SSSR count). The number of likely N-dealkylation sites (N-methyl/N-ethyl adjacent to an activating group) is 1.